The zero-order valence-corrected chi connectivity index (χ0v) is 14.4. The summed E-state index contributed by atoms with van der Waals surface area (Å²) in [7, 11) is 3.39. The summed E-state index contributed by atoms with van der Waals surface area (Å²) in [6, 6.07) is 4.91. The Hall–Kier alpha value is -1.26. The van der Waals surface area contributed by atoms with Crippen molar-refractivity contribution in [2.45, 2.75) is 45.7 Å². The fraction of sp³-hybridized carbons (Fsp3) is 0.667. The molecule has 1 aromatic carbocycles. The van der Waals surface area contributed by atoms with Gasteiger partial charge >= 0.3 is 0 Å². The van der Waals surface area contributed by atoms with Crippen LogP contribution in [-0.2, 0) is 6.54 Å². The Morgan fingerprint density at radius 2 is 1.77 bits per heavy atom. The third-order valence-electron chi connectivity index (χ3n) is 4.55. The SMILES string of the molecule is CCCN(Cc1cc(OC)c(OC)cc1C)C1CCNCC1. The second-order valence-electron chi connectivity index (χ2n) is 6.09. The third-order valence-corrected chi connectivity index (χ3v) is 4.55. The highest BCUT2D eigenvalue weighted by Crippen LogP contribution is 2.31. The predicted octanol–water partition coefficient (Wildman–Crippen LogP) is 2.98. The highest BCUT2D eigenvalue weighted by atomic mass is 16.5. The van der Waals surface area contributed by atoms with E-state index in [1.807, 2.05) is 0 Å². The van der Waals surface area contributed by atoms with Gasteiger partial charge in [0.25, 0.3) is 0 Å². The van der Waals surface area contributed by atoms with Crippen LogP contribution in [0.4, 0.5) is 0 Å². The molecule has 0 radical (unpaired) electrons. The summed E-state index contributed by atoms with van der Waals surface area (Å²) in [5, 5.41) is 3.46. The molecule has 1 saturated heterocycles. The molecule has 124 valence electrons. The molecule has 0 aromatic heterocycles. The molecule has 4 nitrogen and oxygen atoms in total. The van der Waals surface area contributed by atoms with Crippen LogP contribution in [-0.4, -0.2) is 44.8 Å². The molecule has 0 unspecified atom stereocenters. The Balaban J connectivity index is 2.17. The number of ether oxygens (including phenoxy) is 2. The van der Waals surface area contributed by atoms with Crippen LogP contribution in [0.25, 0.3) is 0 Å². The van der Waals surface area contributed by atoms with Crippen LogP contribution in [0.1, 0.15) is 37.3 Å². The van der Waals surface area contributed by atoms with Crippen molar-refractivity contribution >= 4 is 0 Å². The van der Waals surface area contributed by atoms with E-state index in [-0.39, 0.29) is 0 Å². The minimum absolute atomic E-state index is 0.689. The molecule has 1 aliphatic rings. The molecule has 1 fully saturated rings. The minimum Gasteiger partial charge on any atom is -0.493 e. The molecule has 0 amide bonds. The number of methoxy groups -OCH3 is 2. The van der Waals surface area contributed by atoms with Crippen molar-refractivity contribution in [3.63, 3.8) is 0 Å². The van der Waals surface area contributed by atoms with E-state index in [1.54, 1.807) is 14.2 Å². The van der Waals surface area contributed by atoms with E-state index >= 15 is 0 Å². The molecule has 0 bridgehead atoms. The van der Waals surface area contributed by atoms with Gasteiger partial charge < -0.3 is 14.8 Å². The van der Waals surface area contributed by atoms with Gasteiger partial charge in [0.1, 0.15) is 0 Å². The average Bonchev–Trinajstić information content (AvgIpc) is 2.56. The monoisotopic (exact) mass is 306 g/mol. The molecule has 2 rings (SSSR count). The molecular weight excluding hydrogens is 276 g/mol. The van der Waals surface area contributed by atoms with Crippen molar-refractivity contribution in [3.8, 4) is 11.5 Å². The Morgan fingerprint density at radius 1 is 1.14 bits per heavy atom. The maximum Gasteiger partial charge on any atom is 0.161 e. The van der Waals surface area contributed by atoms with Crippen molar-refractivity contribution in [3.05, 3.63) is 23.3 Å². The fourth-order valence-corrected chi connectivity index (χ4v) is 3.26. The van der Waals surface area contributed by atoms with Gasteiger partial charge in [-0.1, -0.05) is 6.92 Å². The Bertz CT molecular complexity index is 470. The first-order chi connectivity index (χ1) is 10.7. The summed E-state index contributed by atoms with van der Waals surface area (Å²) in [5.41, 5.74) is 2.61. The Kier molecular flexibility index (Phi) is 6.52. The second-order valence-corrected chi connectivity index (χ2v) is 6.09. The van der Waals surface area contributed by atoms with E-state index in [2.05, 4.69) is 36.2 Å². The van der Waals surface area contributed by atoms with Gasteiger partial charge in [-0.05, 0) is 69.1 Å². The zero-order chi connectivity index (χ0) is 15.9. The predicted molar refractivity (Wildman–Crippen MR) is 90.9 cm³/mol. The van der Waals surface area contributed by atoms with E-state index in [0.717, 1.165) is 37.7 Å². The first-order valence-electron chi connectivity index (χ1n) is 8.35. The van der Waals surface area contributed by atoms with Gasteiger partial charge in [-0.25, -0.2) is 0 Å². The largest absolute Gasteiger partial charge is 0.493 e. The van der Waals surface area contributed by atoms with Gasteiger partial charge in [0.05, 0.1) is 14.2 Å². The summed E-state index contributed by atoms with van der Waals surface area (Å²) in [6.07, 6.45) is 3.68. The van der Waals surface area contributed by atoms with Crippen LogP contribution in [0, 0.1) is 6.92 Å². The van der Waals surface area contributed by atoms with Crippen molar-refractivity contribution in [1.82, 2.24) is 10.2 Å². The van der Waals surface area contributed by atoms with Crippen LogP contribution in [0.2, 0.25) is 0 Å². The first-order valence-corrected chi connectivity index (χ1v) is 8.35. The normalized spacial score (nSPS) is 16.0. The number of rotatable bonds is 7. The number of hydrogen-bond donors (Lipinski definition) is 1. The lowest BCUT2D eigenvalue weighted by molar-refractivity contribution is 0.153. The van der Waals surface area contributed by atoms with E-state index in [1.165, 1.54) is 30.4 Å². The number of hydrogen-bond acceptors (Lipinski definition) is 4. The molecule has 1 heterocycles. The summed E-state index contributed by atoms with van der Waals surface area (Å²) in [4.78, 5) is 2.63. The Labute approximate surface area is 134 Å². The van der Waals surface area contributed by atoms with Crippen LogP contribution in [0.15, 0.2) is 12.1 Å². The smallest absolute Gasteiger partial charge is 0.161 e. The van der Waals surface area contributed by atoms with Gasteiger partial charge in [0.2, 0.25) is 0 Å². The van der Waals surface area contributed by atoms with Crippen molar-refractivity contribution in [1.29, 1.82) is 0 Å². The second kappa shape index (κ2) is 8.39. The summed E-state index contributed by atoms with van der Waals surface area (Å²) < 4.78 is 10.9. The fourth-order valence-electron chi connectivity index (χ4n) is 3.26. The van der Waals surface area contributed by atoms with Gasteiger partial charge in [-0.2, -0.15) is 0 Å². The van der Waals surface area contributed by atoms with Gasteiger partial charge in [0.15, 0.2) is 11.5 Å². The van der Waals surface area contributed by atoms with Gasteiger partial charge in [-0.15, -0.1) is 0 Å². The van der Waals surface area contributed by atoms with Crippen LogP contribution in [0.3, 0.4) is 0 Å². The highest BCUT2D eigenvalue weighted by Gasteiger charge is 2.21. The van der Waals surface area contributed by atoms with E-state index in [0.29, 0.717) is 6.04 Å². The molecule has 4 heteroatoms. The van der Waals surface area contributed by atoms with Crippen LogP contribution < -0.4 is 14.8 Å². The summed E-state index contributed by atoms with van der Waals surface area (Å²) >= 11 is 0. The summed E-state index contributed by atoms with van der Waals surface area (Å²) in [6.45, 7) is 8.83. The van der Waals surface area contributed by atoms with Crippen LogP contribution in [0.5, 0.6) is 11.5 Å². The number of benzene rings is 1. The van der Waals surface area contributed by atoms with Gasteiger partial charge in [-0.3, -0.25) is 4.90 Å². The maximum atomic E-state index is 5.47. The molecule has 1 aliphatic heterocycles. The molecule has 0 atom stereocenters. The maximum absolute atomic E-state index is 5.47. The first kappa shape index (κ1) is 17.1. The number of piperidine rings is 1. The van der Waals surface area contributed by atoms with E-state index < -0.39 is 0 Å². The average molecular weight is 306 g/mol. The summed E-state index contributed by atoms with van der Waals surface area (Å²) in [5.74, 6) is 1.64. The number of nitrogens with zero attached hydrogens (tertiary/aromatic N) is 1. The standard InChI is InChI=1S/C18H30N2O2/c1-5-10-20(16-6-8-19-9-7-16)13-15-12-18(22-4)17(21-3)11-14(15)2/h11-12,16,19H,5-10,13H2,1-4H3. The lowest BCUT2D eigenvalue weighted by Gasteiger charge is -2.35. The number of nitrogens with one attached hydrogen (secondary N) is 1. The van der Waals surface area contributed by atoms with Crippen molar-refractivity contribution in [2.24, 2.45) is 0 Å². The lowest BCUT2D eigenvalue weighted by Crippen LogP contribution is -2.43. The zero-order valence-electron chi connectivity index (χ0n) is 14.4. The quantitative estimate of drug-likeness (QED) is 0.840. The molecule has 0 spiro atoms. The van der Waals surface area contributed by atoms with Gasteiger partial charge in [0, 0.05) is 12.6 Å². The van der Waals surface area contributed by atoms with Crippen molar-refractivity contribution < 1.29 is 9.47 Å². The van der Waals surface area contributed by atoms with E-state index in [9.17, 15) is 0 Å². The molecule has 1 aromatic rings. The van der Waals surface area contributed by atoms with E-state index in [4.69, 9.17) is 9.47 Å². The molecule has 0 aliphatic carbocycles. The lowest BCUT2D eigenvalue weighted by atomic mass is 10.0. The molecular formula is C18H30N2O2. The van der Waals surface area contributed by atoms with Crippen LogP contribution >= 0.6 is 0 Å². The molecule has 22 heavy (non-hydrogen) atoms. The molecule has 0 saturated carbocycles. The minimum atomic E-state index is 0.689. The molecule has 1 N–H and O–H groups in total. The van der Waals surface area contributed by atoms with Crippen molar-refractivity contribution in [2.75, 3.05) is 33.9 Å². The topological polar surface area (TPSA) is 33.7 Å². The Morgan fingerprint density at radius 3 is 2.36 bits per heavy atom. The highest BCUT2D eigenvalue weighted by molar-refractivity contribution is 5.47. The third kappa shape index (κ3) is 4.14. The number of aryl methyl sites for hydroxylation is 1.